The van der Waals surface area contributed by atoms with Gasteiger partial charge < -0.3 is 30.6 Å². The largest absolute Gasteiger partial charge is 0.508 e. The van der Waals surface area contributed by atoms with E-state index in [2.05, 4.69) is 306 Å². The van der Waals surface area contributed by atoms with Gasteiger partial charge in [-0.05, 0) is 283 Å². The smallest absolute Gasteiger partial charge is 0.119 e. The Bertz CT molecular complexity index is 4590. The molecule has 3 atom stereocenters. The average molecular weight is 1700 g/mol. The summed E-state index contributed by atoms with van der Waals surface area (Å²) in [5.74, 6) is 4.60. The molecule has 0 heterocycles. The van der Waals surface area contributed by atoms with E-state index in [9.17, 15) is 30.6 Å². The van der Waals surface area contributed by atoms with Crippen molar-refractivity contribution in [1.29, 1.82) is 0 Å². The molecule has 6 N–H and O–H groups in total. The number of fused-ring (bicyclic) bond motifs is 2. The van der Waals surface area contributed by atoms with Crippen molar-refractivity contribution < 1.29 is 30.6 Å². The quantitative estimate of drug-likeness (QED) is 0.0684. The zero-order valence-corrected chi connectivity index (χ0v) is 81.0. The van der Waals surface area contributed by atoms with E-state index in [1.165, 1.54) is 107 Å². The van der Waals surface area contributed by atoms with E-state index in [0.717, 1.165) is 84.5 Å². The maximum Gasteiger partial charge on any atom is 0.119 e. The summed E-state index contributed by atoms with van der Waals surface area (Å²) in [4.78, 5) is 0. The number of benzene rings is 12. The molecular weight excluding hydrogens is 1530 g/mol. The van der Waals surface area contributed by atoms with Crippen molar-refractivity contribution in [3.05, 3.63) is 332 Å². The van der Waals surface area contributed by atoms with Crippen molar-refractivity contribution in [2.45, 2.75) is 338 Å². The van der Waals surface area contributed by atoms with Gasteiger partial charge in [0.15, 0.2) is 0 Å². The van der Waals surface area contributed by atoms with Crippen LogP contribution in [-0.2, 0) is 32.5 Å². The van der Waals surface area contributed by atoms with E-state index in [4.69, 9.17) is 0 Å². The van der Waals surface area contributed by atoms with E-state index in [1.807, 2.05) is 114 Å². The first-order valence-corrected chi connectivity index (χ1v) is 44.9. The van der Waals surface area contributed by atoms with Crippen LogP contribution in [0.2, 0.25) is 0 Å². The van der Waals surface area contributed by atoms with Crippen LogP contribution in [0.5, 0.6) is 34.5 Å². The summed E-state index contributed by atoms with van der Waals surface area (Å²) in [6.07, 6.45) is 11.4. The highest BCUT2D eigenvalue weighted by Gasteiger charge is 2.23. The predicted octanol–water partition coefficient (Wildman–Crippen LogP) is 35.8. The molecule has 12 rings (SSSR count). The lowest BCUT2D eigenvalue weighted by atomic mass is 9.86. The number of aryl methyl sites for hydroxylation is 6. The van der Waals surface area contributed by atoms with Crippen molar-refractivity contribution in [2.24, 2.45) is 0 Å². The topological polar surface area (TPSA) is 121 Å². The molecule has 0 bridgehead atoms. The molecular formula is C119H170O6. The normalized spacial score (nSPS) is 11.8. The van der Waals surface area contributed by atoms with Gasteiger partial charge in [0.25, 0.3) is 0 Å². The third-order valence-electron chi connectivity index (χ3n) is 22.2. The van der Waals surface area contributed by atoms with Gasteiger partial charge in [-0.2, -0.15) is 0 Å². The van der Waals surface area contributed by atoms with Crippen molar-refractivity contribution in [3.63, 3.8) is 0 Å². The fourth-order valence-corrected chi connectivity index (χ4v) is 15.1. The van der Waals surface area contributed by atoms with Gasteiger partial charge in [0, 0.05) is 0 Å². The Hall–Kier alpha value is -10.0. The minimum atomic E-state index is 0. The summed E-state index contributed by atoms with van der Waals surface area (Å²) in [6.45, 7) is 63.2. The Labute approximate surface area is 763 Å². The van der Waals surface area contributed by atoms with Crippen molar-refractivity contribution in [2.75, 3.05) is 0 Å². The van der Waals surface area contributed by atoms with Crippen LogP contribution >= 0.6 is 0 Å². The zero-order valence-electron chi connectivity index (χ0n) is 81.0. The molecule has 0 aliphatic carbocycles. The number of aromatic hydroxyl groups is 6. The zero-order chi connectivity index (χ0) is 91.7. The minimum absolute atomic E-state index is 0. The highest BCUT2D eigenvalue weighted by atomic mass is 16.3. The van der Waals surface area contributed by atoms with Crippen LogP contribution in [0.4, 0.5) is 0 Å². The third-order valence-corrected chi connectivity index (χ3v) is 22.2. The second kappa shape index (κ2) is 52.8. The Kier molecular flexibility index (Phi) is 47.7. The van der Waals surface area contributed by atoms with E-state index in [1.54, 1.807) is 36.4 Å². The summed E-state index contributed by atoms with van der Waals surface area (Å²) in [7, 11) is 0. The first kappa shape index (κ1) is 113. The Morgan fingerprint density at radius 1 is 0.224 bits per heavy atom. The minimum Gasteiger partial charge on any atom is -0.508 e. The highest BCUT2D eigenvalue weighted by Crippen LogP contribution is 2.38. The van der Waals surface area contributed by atoms with Crippen molar-refractivity contribution >= 4 is 21.5 Å². The molecule has 6 heteroatoms. The molecule has 0 amide bonds. The molecule has 0 aliphatic heterocycles. The van der Waals surface area contributed by atoms with Crippen molar-refractivity contribution in [3.8, 4) is 45.6 Å². The molecule has 0 saturated carbocycles. The Balaban J connectivity index is 0.000000704. The SMILES string of the molecule is C.C.C.CCCC(CC)c1ccc(-c2ccccc2)cc1.CCCC(CC)c1ccc2ccccc2c1.CCCC(CC)c1cccc2ccccc12.Cc1ccc(C(C)(C)C)c(O)c1.Cc1ccc(C(C)(C)C)c(O)c1.Cc1ccc(C(C)(C)C)c(O)c1.Cc1ccc(C(C)(C)C)c(O)c1.Cc1ccc(C(C)(C)C)c(O)c1.Cc1ccc(C(C)(C)C)c(O)c1. The van der Waals surface area contributed by atoms with Crippen molar-refractivity contribution in [1.82, 2.24) is 0 Å². The molecule has 0 aliphatic rings. The second-order valence-corrected chi connectivity index (χ2v) is 39.5. The Morgan fingerprint density at radius 2 is 0.472 bits per heavy atom. The fraction of sp³-hybridized carbons (Fsp3) is 0.429. The van der Waals surface area contributed by atoms with Gasteiger partial charge in [-0.15, -0.1) is 0 Å². The van der Waals surface area contributed by atoms with Gasteiger partial charge in [0.1, 0.15) is 34.5 Å². The lowest BCUT2D eigenvalue weighted by Gasteiger charge is -2.20. The molecule has 6 nitrogen and oxygen atoms in total. The number of hydrogen-bond acceptors (Lipinski definition) is 6. The molecule has 12 aromatic carbocycles. The standard InChI is InChI=1S/C18H22.2C16H20.6C11H16O.3CH4/c1-3-8-15(4-2)17-11-13-18(14-12-17)16-9-6-5-7-10-16;1-3-8-13(4-2)15-12-7-10-14-9-5-6-11-16(14)15;1-3-7-13(4-2)16-11-10-14-8-5-6-9-15(14)12-16;6*1-8-5-6-9(10(12)7-8)11(2,3)4;;;/h5-7,9-15H,3-4,8H2,1-2H3;5-7,9-13H,3-4,8H2,1-2H3;5-6,8-13H,3-4,7H2,1-2H3;6*5-7,12H,1-4H3;3*1H4. The molecule has 0 saturated heterocycles. The first-order valence-electron chi connectivity index (χ1n) is 44.9. The van der Waals surface area contributed by atoms with Crippen LogP contribution in [0.3, 0.4) is 0 Å². The molecule has 3 unspecified atom stereocenters. The Morgan fingerprint density at radius 3 is 0.760 bits per heavy atom. The van der Waals surface area contributed by atoms with Crippen LogP contribution < -0.4 is 0 Å². The monoisotopic (exact) mass is 1700 g/mol. The number of rotatable bonds is 13. The second-order valence-electron chi connectivity index (χ2n) is 39.5. The highest BCUT2D eigenvalue weighted by molar-refractivity contribution is 5.86. The van der Waals surface area contributed by atoms with Gasteiger partial charge in [-0.3, -0.25) is 0 Å². The summed E-state index contributed by atoms with van der Waals surface area (Å²) in [5, 5.41) is 63.3. The molecule has 125 heavy (non-hydrogen) atoms. The van der Waals surface area contributed by atoms with E-state index in [0.29, 0.717) is 34.5 Å². The van der Waals surface area contributed by atoms with Gasteiger partial charge in [-0.25, -0.2) is 0 Å². The van der Waals surface area contributed by atoms with E-state index < -0.39 is 0 Å². The average Bonchev–Trinajstić information content (AvgIpc) is 0.813. The lowest BCUT2D eigenvalue weighted by Crippen LogP contribution is -2.11. The number of phenols is 6. The van der Waals surface area contributed by atoms with Crippen LogP contribution in [0.1, 0.15) is 347 Å². The molecule has 12 aromatic rings. The summed E-state index contributed by atoms with van der Waals surface area (Å²) >= 11 is 0. The number of phenolic OH excluding ortho intramolecular Hbond substituents is 6. The van der Waals surface area contributed by atoms with Crippen LogP contribution in [0.25, 0.3) is 32.7 Å². The van der Waals surface area contributed by atoms with Crippen LogP contribution in [-0.4, -0.2) is 30.6 Å². The lowest BCUT2D eigenvalue weighted by molar-refractivity contribution is 0.445. The number of hydrogen-bond donors (Lipinski definition) is 6. The molecule has 0 spiro atoms. The fourth-order valence-electron chi connectivity index (χ4n) is 15.1. The molecule has 0 radical (unpaired) electrons. The van der Waals surface area contributed by atoms with Gasteiger partial charge >= 0.3 is 0 Å². The van der Waals surface area contributed by atoms with Gasteiger partial charge in [-0.1, -0.05) is 420 Å². The van der Waals surface area contributed by atoms with E-state index >= 15 is 0 Å². The maximum atomic E-state index is 9.63. The maximum absolute atomic E-state index is 9.63. The van der Waals surface area contributed by atoms with Gasteiger partial charge in [0.2, 0.25) is 0 Å². The first-order chi connectivity index (χ1) is 57.0. The molecule has 682 valence electrons. The predicted molar refractivity (Wildman–Crippen MR) is 553 cm³/mol. The van der Waals surface area contributed by atoms with Crippen LogP contribution in [0.15, 0.2) is 249 Å². The van der Waals surface area contributed by atoms with Gasteiger partial charge in [0.05, 0.1) is 0 Å². The molecule has 0 fully saturated rings. The summed E-state index contributed by atoms with van der Waals surface area (Å²) in [5.41, 5.74) is 19.9. The van der Waals surface area contributed by atoms with Crippen LogP contribution in [0, 0.1) is 41.5 Å². The summed E-state index contributed by atoms with van der Waals surface area (Å²) < 4.78 is 0. The van der Waals surface area contributed by atoms with E-state index in [-0.39, 0.29) is 54.8 Å². The molecule has 0 aromatic heterocycles. The summed E-state index contributed by atoms with van der Waals surface area (Å²) in [6, 6.07) is 85.6. The third kappa shape index (κ3) is 38.0.